The van der Waals surface area contributed by atoms with Gasteiger partial charge in [-0.15, -0.1) is 0 Å². The van der Waals surface area contributed by atoms with Gasteiger partial charge < -0.3 is 14.5 Å². The van der Waals surface area contributed by atoms with E-state index in [2.05, 4.69) is 14.9 Å². The van der Waals surface area contributed by atoms with Crippen molar-refractivity contribution in [3.63, 3.8) is 0 Å². The molecule has 3 heterocycles. The topological polar surface area (TPSA) is 95.9 Å². The van der Waals surface area contributed by atoms with Crippen LogP contribution < -0.4 is 4.74 Å². The fourth-order valence-electron chi connectivity index (χ4n) is 5.14. The van der Waals surface area contributed by atoms with Gasteiger partial charge in [-0.05, 0) is 69.8 Å². The molecule has 2 fully saturated rings. The van der Waals surface area contributed by atoms with Crippen LogP contribution in [0.15, 0.2) is 24.5 Å². The Morgan fingerprint density at radius 2 is 1.78 bits per heavy atom. The van der Waals surface area contributed by atoms with E-state index in [-0.39, 0.29) is 24.4 Å². The number of sulfonamides is 1. The first-order chi connectivity index (χ1) is 17.5. The molecule has 202 valence electrons. The highest BCUT2D eigenvalue weighted by Crippen LogP contribution is 2.26. The highest BCUT2D eigenvalue weighted by molar-refractivity contribution is 7.88. The summed E-state index contributed by atoms with van der Waals surface area (Å²) in [7, 11) is -1.52. The SMILES string of the molecule is Cc1ccc(COc2ncnc(C(=O)N3CCC(N4CCC(N(C)S(C)(=O)=O)CC4)CC3)c2C)cc1F. The molecule has 2 aliphatic rings. The van der Waals surface area contributed by atoms with Crippen molar-refractivity contribution in [1.82, 2.24) is 24.1 Å². The zero-order chi connectivity index (χ0) is 26.7. The van der Waals surface area contributed by atoms with Crippen molar-refractivity contribution in [2.75, 3.05) is 39.5 Å². The molecule has 0 spiro atoms. The molecule has 1 aromatic carbocycles. The Morgan fingerprint density at radius 3 is 2.41 bits per heavy atom. The van der Waals surface area contributed by atoms with E-state index in [4.69, 9.17) is 4.74 Å². The Bertz CT molecular complexity index is 1230. The van der Waals surface area contributed by atoms with E-state index in [9.17, 15) is 17.6 Å². The van der Waals surface area contributed by atoms with Crippen molar-refractivity contribution in [3.8, 4) is 5.88 Å². The molecule has 4 rings (SSSR count). The van der Waals surface area contributed by atoms with Crippen molar-refractivity contribution in [2.24, 2.45) is 0 Å². The maximum absolute atomic E-state index is 13.8. The molecule has 1 aromatic heterocycles. The quantitative estimate of drug-likeness (QED) is 0.540. The lowest BCUT2D eigenvalue weighted by molar-refractivity contribution is 0.0542. The first kappa shape index (κ1) is 27.4. The van der Waals surface area contributed by atoms with Gasteiger partial charge in [0.05, 0.1) is 6.26 Å². The van der Waals surface area contributed by atoms with Crippen molar-refractivity contribution < 1.29 is 22.3 Å². The second-order valence-corrected chi connectivity index (χ2v) is 12.1. The van der Waals surface area contributed by atoms with Crippen LogP contribution in [-0.4, -0.2) is 90.0 Å². The van der Waals surface area contributed by atoms with E-state index in [1.165, 1.54) is 23.0 Å². The average molecular weight is 534 g/mol. The number of amides is 1. The van der Waals surface area contributed by atoms with Crippen molar-refractivity contribution in [3.05, 3.63) is 52.7 Å². The number of aromatic nitrogens is 2. The summed E-state index contributed by atoms with van der Waals surface area (Å²) in [4.78, 5) is 26.0. The molecule has 37 heavy (non-hydrogen) atoms. The number of carbonyl (C=O) groups excluding carboxylic acids is 1. The van der Waals surface area contributed by atoms with Crippen LogP contribution in [0, 0.1) is 19.7 Å². The van der Waals surface area contributed by atoms with Gasteiger partial charge in [-0.1, -0.05) is 12.1 Å². The number of hydrogen-bond acceptors (Lipinski definition) is 7. The van der Waals surface area contributed by atoms with E-state index in [0.717, 1.165) is 38.8 Å². The molecule has 0 N–H and O–H groups in total. The lowest BCUT2D eigenvalue weighted by Crippen LogP contribution is -2.52. The van der Waals surface area contributed by atoms with Crippen LogP contribution in [0.5, 0.6) is 5.88 Å². The number of carbonyl (C=O) groups is 1. The van der Waals surface area contributed by atoms with Crippen LogP contribution in [0.2, 0.25) is 0 Å². The molecule has 0 radical (unpaired) electrons. The summed E-state index contributed by atoms with van der Waals surface area (Å²) >= 11 is 0. The number of likely N-dealkylation sites (tertiary alicyclic amines) is 2. The number of aryl methyl sites for hydroxylation is 1. The Kier molecular flexibility index (Phi) is 8.45. The van der Waals surface area contributed by atoms with Gasteiger partial charge in [0.1, 0.15) is 24.4 Å². The third-order valence-electron chi connectivity index (χ3n) is 7.66. The van der Waals surface area contributed by atoms with Gasteiger partial charge in [0, 0.05) is 37.8 Å². The molecule has 1 amide bonds. The second-order valence-electron chi connectivity index (χ2n) is 10.1. The highest BCUT2D eigenvalue weighted by Gasteiger charge is 2.33. The number of ether oxygens (including phenoxy) is 1. The van der Waals surface area contributed by atoms with Gasteiger partial charge in [-0.2, -0.15) is 0 Å². The van der Waals surface area contributed by atoms with Crippen LogP contribution in [0.3, 0.4) is 0 Å². The van der Waals surface area contributed by atoms with E-state index < -0.39 is 10.0 Å². The molecule has 0 aliphatic carbocycles. The van der Waals surface area contributed by atoms with Gasteiger partial charge in [-0.3, -0.25) is 4.79 Å². The first-order valence-electron chi connectivity index (χ1n) is 12.7. The standard InChI is InChI=1S/C26H36FN5O4S/c1-18-5-6-20(15-23(18)27)16-36-25-19(2)24(28-17-29-25)26(33)32-13-9-22(10-14-32)31-11-7-21(8-12-31)30(3)37(4,34)35/h5-6,15,17,21-22H,7-14,16H2,1-4H3. The molecule has 0 unspecified atom stereocenters. The molecule has 0 saturated carbocycles. The van der Waals surface area contributed by atoms with Gasteiger partial charge >= 0.3 is 0 Å². The smallest absolute Gasteiger partial charge is 0.272 e. The molecule has 0 bridgehead atoms. The van der Waals surface area contributed by atoms with Gasteiger partial charge in [0.25, 0.3) is 5.91 Å². The Labute approximate surface area is 218 Å². The highest BCUT2D eigenvalue weighted by atomic mass is 32.2. The number of halogens is 1. The number of nitrogens with zero attached hydrogens (tertiary/aromatic N) is 5. The molecule has 11 heteroatoms. The van der Waals surface area contributed by atoms with Gasteiger partial charge in [-0.25, -0.2) is 27.1 Å². The molecule has 2 aromatic rings. The van der Waals surface area contributed by atoms with E-state index >= 15 is 0 Å². The molecular formula is C26H36FN5O4S. The Hall–Kier alpha value is -2.63. The fourth-order valence-corrected chi connectivity index (χ4v) is 5.89. The molecule has 2 saturated heterocycles. The number of benzene rings is 1. The van der Waals surface area contributed by atoms with Crippen LogP contribution in [0.4, 0.5) is 4.39 Å². The van der Waals surface area contributed by atoms with Crippen LogP contribution >= 0.6 is 0 Å². The fraction of sp³-hybridized carbons (Fsp3) is 0.577. The summed E-state index contributed by atoms with van der Waals surface area (Å²) in [6.07, 6.45) is 5.96. The summed E-state index contributed by atoms with van der Waals surface area (Å²) in [5.74, 6) is -0.111. The second kappa shape index (κ2) is 11.4. The van der Waals surface area contributed by atoms with Crippen molar-refractivity contribution >= 4 is 15.9 Å². The van der Waals surface area contributed by atoms with Crippen LogP contribution in [0.25, 0.3) is 0 Å². The minimum absolute atomic E-state index is 0.0510. The maximum atomic E-state index is 13.8. The number of piperidine rings is 2. The van der Waals surface area contributed by atoms with E-state index in [1.807, 2.05) is 4.90 Å². The summed E-state index contributed by atoms with van der Waals surface area (Å²) in [5.41, 5.74) is 2.15. The van der Waals surface area contributed by atoms with Gasteiger partial charge in [0.2, 0.25) is 15.9 Å². The maximum Gasteiger partial charge on any atom is 0.272 e. The summed E-state index contributed by atoms with van der Waals surface area (Å²) in [6.45, 7) is 6.61. The predicted octanol–water partition coefficient (Wildman–Crippen LogP) is 2.77. The normalized spacial score (nSPS) is 18.4. The van der Waals surface area contributed by atoms with Crippen molar-refractivity contribution in [1.29, 1.82) is 0 Å². The van der Waals surface area contributed by atoms with Crippen LogP contribution in [-0.2, 0) is 16.6 Å². The van der Waals surface area contributed by atoms with Crippen LogP contribution in [0.1, 0.15) is 52.9 Å². The first-order valence-corrected chi connectivity index (χ1v) is 14.5. The summed E-state index contributed by atoms with van der Waals surface area (Å²) in [5, 5.41) is 0. The van der Waals surface area contributed by atoms with E-state index in [1.54, 1.807) is 33.0 Å². The third-order valence-corrected chi connectivity index (χ3v) is 9.00. The third kappa shape index (κ3) is 6.45. The number of hydrogen-bond donors (Lipinski definition) is 0. The van der Waals surface area contributed by atoms with Crippen molar-refractivity contribution in [2.45, 2.75) is 58.2 Å². The molecule has 0 atom stereocenters. The van der Waals surface area contributed by atoms with E-state index in [0.29, 0.717) is 47.4 Å². The zero-order valence-electron chi connectivity index (χ0n) is 22.0. The minimum Gasteiger partial charge on any atom is -0.473 e. The lowest BCUT2D eigenvalue weighted by Gasteiger charge is -2.43. The van der Waals surface area contributed by atoms with Gasteiger partial charge in [0.15, 0.2) is 0 Å². The minimum atomic E-state index is -3.18. The Balaban J connectivity index is 1.31. The summed E-state index contributed by atoms with van der Waals surface area (Å²) < 4.78 is 44.8. The number of rotatable bonds is 7. The molecule has 9 nitrogen and oxygen atoms in total. The molecular weight excluding hydrogens is 497 g/mol. The lowest BCUT2D eigenvalue weighted by atomic mass is 9.97. The zero-order valence-corrected chi connectivity index (χ0v) is 22.8. The predicted molar refractivity (Wildman–Crippen MR) is 138 cm³/mol. The Morgan fingerprint density at radius 1 is 1.11 bits per heavy atom. The average Bonchev–Trinajstić information content (AvgIpc) is 2.89. The monoisotopic (exact) mass is 533 g/mol. The largest absolute Gasteiger partial charge is 0.473 e. The summed E-state index contributed by atoms with van der Waals surface area (Å²) in [6, 6.07) is 5.38. The molecule has 2 aliphatic heterocycles.